The molecule has 1 aliphatic rings. The van der Waals surface area contributed by atoms with Crippen LogP contribution in [-0.4, -0.2) is 34.9 Å². The van der Waals surface area contributed by atoms with Gasteiger partial charge in [0.2, 0.25) is 0 Å². The molecule has 28 heavy (non-hydrogen) atoms. The highest BCUT2D eigenvalue weighted by Crippen LogP contribution is 2.26. The highest BCUT2D eigenvalue weighted by Gasteiger charge is 2.28. The Kier molecular flexibility index (Phi) is 5.44. The van der Waals surface area contributed by atoms with Crippen LogP contribution in [0.25, 0.3) is 11.0 Å². The van der Waals surface area contributed by atoms with Crippen molar-refractivity contribution in [2.45, 2.75) is 45.7 Å². The molecular formula is C23H27N3O2. The van der Waals surface area contributed by atoms with Crippen molar-refractivity contribution in [3.8, 4) is 0 Å². The molecule has 0 saturated carbocycles. The number of amides is 1. The Morgan fingerprint density at radius 3 is 2.86 bits per heavy atom. The fourth-order valence-electron chi connectivity index (χ4n) is 3.89. The minimum Gasteiger partial charge on any atom is -0.451 e. The summed E-state index contributed by atoms with van der Waals surface area (Å²) in [6.07, 6.45) is 4.77. The number of nitrogens with zero attached hydrogens (tertiary/aromatic N) is 2. The van der Waals surface area contributed by atoms with E-state index in [1.807, 2.05) is 35.2 Å². The lowest BCUT2D eigenvalue weighted by Gasteiger charge is -2.30. The number of pyridine rings is 1. The van der Waals surface area contributed by atoms with E-state index in [4.69, 9.17) is 4.42 Å². The monoisotopic (exact) mass is 377 g/mol. The van der Waals surface area contributed by atoms with Gasteiger partial charge in [-0.05, 0) is 87.7 Å². The van der Waals surface area contributed by atoms with Crippen LogP contribution in [0.5, 0.6) is 0 Å². The first-order valence-corrected chi connectivity index (χ1v) is 10.0. The van der Waals surface area contributed by atoms with Gasteiger partial charge in [0.15, 0.2) is 5.76 Å². The Morgan fingerprint density at radius 1 is 1.18 bits per heavy atom. The van der Waals surface area contributed by atoms with Gasteiger partial charge in [-0.2, -0.15) is 0 Å². The average Bonchev–Trinajstić information content (AvgIpc) is 2.92. The fraction of sp³-hybridized carbons (Fsp3) is 0.391. The molecule has 1 atom stereocenters. The molecule has 0 aliphatic carbocycles. The lowest BCUT2D eigenvalue weighted by Crippen LogP contribution is -2.40. The summed E-state index contributed by atoms with van der Waals surface area (Å²) in [5.41, 5.74) is 4.04. The topological polar surface area (TPSA) is 58.4 Å². The summed E-state index contributed by atoms with van der Waals surface area (Å²) in [5.74, 6) is 0.359. The number of hydrogen-bond acceptors (Lipinski definition) is 4. The van der Waals surface area contributed by atoms with Gasteiger partial charge in [0.1, 0.15) is 5.58 Å². The number of rotatable bonds is 4. The summed E-state index contributed by atoms with van der Waals surface area (Å²) in [6.45, 7) is 6.57. The van der Waals surface area contributed by atoms with Gasteiger partial charge < -0.3 is 14.6 Å². The molecule has 3 heterocycles. The van der Waals surface area contributed by atoms with Gasteiger partial charge in [0.25, 0.3) is 5.91 Å². The van der Waals surface area contributed by atoms with Crippen molar-refractivity contribution in [3.63, 3.8) is 0 Å². The molecule has 1 aromatic carbocycles. The van der Waals surface area contributed by atoms with Gasteiger partial charge in [0, 0.05) is 17.6 Å². The molecule has 0 bridgehead atoms. The summed E-state index contributed by atoms with van der Waals surface area (Å²) >= 11 is 0. The molecule has 1 aliphatic heterocycles. The molecule has 1 saturated heterocycles. The minimum atomic E-state index is -0.0518. The summed E-state index contributed by atoms with van der Waals surface area (Å²) in [4.78, 5) is 19.9. The van der Waals surface area contributed by atoms with E-state index in [1.165, 1.54) is 11.1 Å². The van der Waals surface area contributed by atoms with E-state index >= 15 is 0 Å². The van der Waals surface area contributed by atoms with Gasteiger partial charge in [-0.25, -0.2) is 0 Å². The predicted octanol–water partition coefficient (Wildman–Crippen LogP) is 4.23. The van der Waals surface area contributed by atoms with Gasteiger partial charge >= 0.3 is 0 Å². The maximum absolute atomic E-state index is 13.5. The first kappa shape index (κ1) is 18.7. The van der Waals surface area contributed by atoms with Gasteiger partial charge in [-0.3, -0.25) is 9.78 Å². The third-order valence-electron chi connectivity index (χ3n) is 5.65. The average molecular weight is 377 g/mol. The number of fused-ring (bicyclic) bond motifs is 1. The largest absolute Gasteiger partial charge is 0.451 e. The second kappa shape index (κ2) is 8.15. The highest BCUT2D eigenvalue weighted by atomic mass is 16.3. The number of nitrogens with one attached hydrogen (secondary N) is 1. The lowest BCUT2D eigenvalue weighted by molar-refractivity contribution is 0.0612. The van der Waals surface area contributed by atoms with Gasteiger partial charge in [-0.1, -0.05) is 6.07 Å². The van der Waals surface area contributed by atoms with Crippen molar-refractivity contribution in [2.24, 2.45) is 0 Å². The van der Waals surface area contributed by atoms with Crippen LogP contribution in [0.1, 0.15) is 46.6 Å². The van der Waals surface area contributed by atoms with Gasteiger partial charge in [-0.15, -0.1) is 0 Å². The van der Waals surface area contributed by atoms with E-state index in [-0.39, 0.29) is 11.9 Å². The summed E-state index contributed by atoms with van der Waals surface area (Å²) in [6, 6.07) is 12.0. The van der Waals surface area contributed by atoms with Crippen LogP contribution < -0.4 is 5.32 Å². The molecule has 0 radical (unpaired) electrons. The first-order chi connectivity index (χ1) is 13.6. The standard InChI is InChI=1S/C23H27N3O2/c1-16-12-18-14-22(28-21(18)13-17(16)2)23(27)26(15-19-6-3-4-10-25-19)20-7-5-9-24-11-8-20/h3-4,6,10,12-14,20,24H,5,7-9,11,15H2,1-2H3. The predicted molar refractivity (Wildman–Crippen MR) is 110 cm³/mol. The Morgan fingerprint density at radius 2 is 2.04 bits per heavy atom. The zero-order valence-corrected chi connectivity index (χ0v) is 16.6. The maximum atomic E-state index is 13.5. The smallest absolute Gasteiger partial charge is 0.290 e. The second-order valence-electron chi connectivity index (χ2n) is 7.67. The number of aryl methyl sites for hydroxylation is 2. The van der Waals surface area contributed by atoms with E-state index in [1.54, 1.807) is 6.20 Å². The van der Waals surface area contributed by atoms with Crippen LogP contribution in [0, 0.1) is 13.8 Å². The van der Waals surface area contributed by atoms with Crippen LogP contribution >= 0.6 is 0 Å². The minimum absolute atomic E-state index is 0.0518. The molecule has 5 heteroatoms. The molecule has 1 fully saturated rings. The number of benzene rings is 1. The Balaban J connectivity index is 1.67. The van der Waals surface area contributed by atoms with Crippen molar-refractivity contribution in [2.75, 3.05) is 13.1 Å². The number of hydrogen-bond donors (Lipinski definition) is 1. The highest BCUT2D eigenvalue weighted by molar-refractivity contribution is 5.96. The molecule has 1 amide bonds. The third kappa shape index (κ3) is 3.94. The van der Waals surface area contributed by atoms with E-state index < -0.39 is 0 Å². The SMILES string of the molecule is Cc1cc2cc(C(=O)N(Cc3ccccn3)C3CCCNCC3)oc2cc1C. The Labute approximate surface area is 165 Å². The van der Waals surface area contributed by atoms with Crippen LogP contribution in [-0.2, 0) is 6.54 Å². The lowest BCUT2D eigenvalue weighted by atomic mass is 10.1. The van der Waals surface area contributed by atoms with Crippen LogP contribution in [0.3, 0.4) is 0 Å². The second-order valence-corrected chi connectivity index (χ2v) is 7.67. The molecular weight excluding hydrogens is 350 g/mol. The molecule has 1 unspecified atom stereocenters. The molecule has 5 nitrogen and oxygen atoms in total. The molecule has 2 aromatic heterocycles. The zero-order chi connectivity index (χ0) is 19.5. The third-order valence-corrected chi connectivity index (χ3v) is 5.65. The summed E-state index contributed by atoms with van der Waals surface area (Å²) in [5, 5.41) is 4.41. The normalized spacial score (nSPS) is 17.4. The Bertz CT molecular complexity index is 918. The van der Waals surface area contributed by atoms with Crippen LogP contribution in [0.2, 0.25) is 0 Å². The van der Waals surface area contributed by atoms with Crippen molar-refractivity contribution < 1.29 is 9.21 Å². The molecule has 4 rings (SSSR count). The van der Waals surface area contributed by atoms with Gasteiger partial charge in [0.05, 0.1) is 12.2 Å². The van der Waals surface area contributed by atoms with Crippen molar-refractivity contribution in [3.05, 3.63) is 65.2 Å². The van der Waals surface area contributed by atoms with E-state index in [0.717, 1.165) is 49.0 Å². The Hall–Kier alpha value is -2.66. The summed E-state index contributed by atoms with van der Waals surface area (Å²) in [7, 11) is 0. The molecule has 0 spiro atoms. The number of aromatic nitrogens is 1. The number of carbonyl (C=O) groups is 1. The van der Waals surface area contributed by atoms with E-state index in [2.05, 4.69) is 30.2 Å². The van der Waals surface area contributed by atoms with E-state index in [0.29, 0.717) is 12.3 Å². The first-order valence-electron chi connectivity index (χ1n) is 10.0. The fourth-order valence-corrected chi connectivity index (χ4v) is 3.89. The maximum Gasteiger partial charge on any atom is 0.290 e. The van der Waals surface area contributed by atoms with Crippen molar-refractivity contribution in [1.82, 2.24) is 15.2 Å². The van der Waals surface area contributed by atoms with Crippen LogP contribution in [0.4, 0.5) is 0 Å². The number of furan rings is 1. The summed E-state index contributed by atoms with van der Waals surface area (Å²) < 4.78 is 5.98. The van der Waals surface area contributed by atoms with E-state index in [9.17, 15) is 4.79 Å². The van der Waals surface area contributed by atoms with Crippen LogP contribution in [0.15, 0.2) is 47.0 Å². The molecule has 1 N–H and O–H groups in total. The molecule has 3 aromatic rings. The quantitative estimate of drug-likeness (QED) is 0.739. The number of carbonyl (C=O) groups excluding carboxylic acids is 1. The van der Waals surface area contributed by atoms with Crippen molar-refractivity contribution in [1.29, 1.82) is 0 Å². The van der Waals surface area contributed by atoms with Crippen molar-refractivity contribution >= 4 is 16.9 Å². The zero-order valence-electron chi connectivity index (χ0n) is 16.6. The molecule has 146 valence electrons.